The van der Waals surface area contributed by atoms with Crippen LogP contribution in [0, 0.1) is 11.3 Å². The molecule has 0 unspecified atom stereocenters. The van der Waals surface area contributed by atoms with E-state index in [-0.39, 0.29) is 11.9 Å². The maximum Gasteiger partial charge on any atom is 0.257 e. The van der Waals surface area contributed by atoms with Crippen LogP contribution in [-0.4, -0.2) is 30.5 Å². The second-order valence-electron chi connectivity index (χ2n) is 4.35. The van der Waals surface area contributed by atoms with Crippen LogP contribution in [0.15, 0.2) is 22.7 Å². The van der Waals surface area contributed by atoms with Crippen molar-refractivity contribution in [2.24, 2.45) is 0 Å². The Morgan fingerprint density at radius 1 is 1.53 bits per heavy atom. The van der Waals surface area contributed by atoms with E-state index in [0.29, 0.717) is 24.3 Å². The Morgan fingerprint density at radius 2 is 2.21 bits per heavy atom. The van der Waals surface area contributed by atoms with Gasteiger partial charge in [-0.1, -0.05) is 15.9 Å². The Bertz CT molecular complexity index is 495. The van der Waals surface area contributed by atoms with Gasteiger partial charge in [-0.3, -0.25) is 4.79 Å². The van der Waals surface area contributed by atoms with Gasteiger partial charge in [-0.15, -0.1) is 0 Å². The molecule has 0 saturated heterocycles. The molecule has 0 radical (unpaired) electrons. The van der Waals surface area contributed by atoms with E-state index < -0.39 is 0 Å². The van der Waals surface area contributed by atoms with Gasteiger partial charge >= 0.3 is 0 Å². The Morgan fingerprint density at radius 3 is 2.74 bits per heavy atom. The number of ether oxygens (including phenoxy) is 1. The number of hydrogen-bond acceptors (Lipinski definition) is 3. The standard InChI is InChI=1S/C14H17BrN2O2/c1-10(2)17(8-4-7-16)14(18)12-9-11(15)5-6-13(12)19-3/h5-6,9-10H,4,8H2,1-3H3. The van der Waals surface area contributed by atoms with E-state index in [4.69, 9.17) is 10.00 Å². The molecule has 0 atom stereocenters. The van der Waals surface area contributed by atoms with Crippen molar-refractivity contribution in [3.63, 3.8) is 0 Å². The summed E-state index contributed by atoms with van der Waals surface area (Å²) in [7, 11) is 1.54. The largest absolute Gasteiger partial charge is 0.496 e. The molecule has 0 aliphatic heterocycles. The van der Waals surface area contributed by atoms with Crippen LogP contribution in [0.2, 0.25) is 0 Å². The van der Waals surface area contributed by atoms with E-state index in [1.807, 2.05) is 19.9 Å². The number of methoxy groups -OCH3 is 1. The Balaban J connectivity index is 3.09. The summed E-state index contributed by atoms with van der Waals surface area (Å²) in [4.78, 5) is 14.2. The molecular weight excluding hydrogens is 308 g/mol. The fourth-order valence-electron chi connectivity index (χ4n) is 1.77. The van der Waals surface area contributed by atoms with Gasteiger partial charge in [0.1, 0.15) is 5.75 Å². The molecule has 1 amide bonds. The van der Waals surface area contributed by atoms with Crippen molar-refractivity contribution in [3.05, 3.63) is 28.2 Å². The highest BCUT2D eigenvalue weighted by Gasteiger charge is 2.21. The summed E-state index contributed by atoms with van der Waals surface area (Å²) >= 11 is 3.35. The maximum absolute atomic E-state index is 12.5. The quantitative estimate of drug-likeness (QED) is 0.835. The van der Waals surface area contributed by atoms with E-state index in [0.717, 1.165) is 4.47 Å². The van der Waals surface area contributed by atoms with Gasteiger partial charge in [0.15, 0.2) is 0 Å². The fraction of sp³-hybridized carbons (Fsp3) is 0.429. The van der Waals surface area contributed by atoms with Gasteiger partial charge in [-0.05, 0) is 32.0 Å². The van der Waals surface area contributed by atoms with E-state index in [1.54, 1.807) is 17.0 Å². The first-order valence-corrected chi connectivity index (χ1v) is 6.82. The smallest absolute Gasteiger partial charge is 0.257 e. The minimum atomic E-state index is -0.122. The third kappa shape index (κ3) is 3.97. The zero-order valence-electron chi connectivity index (χ0n) is 11.3. The SMILES string of the molecule is COc1ccc(Br)cc1C(=O)N(CCC#N)C(C)C. The highest BCUT2D eigenvalue weighted by atomic mass is 79.9. The minimum absolute atomic E-state index is 0.0320. The van der Waals surface area contributed by atoms with Crippen molar-refractivity contribution in [2.75, 3.05) is 13.7 Å². The van der Waals surface area contributed by atoms with Gasteiger partial charge in [0.05, 0.1) is 25.2 Å². The predicted octanol–water partition coefficient (Wildman–Crippen LogP) is 3.22. The molecule has 0 aromatic heterocycles. The zero-order chi connectivity index (χ0) is 14.4. The van der Waals surface area contributed by atoms with Crippen molar-refractivity contribution in [1.82, 2.24) is 4.90 Å². The Kier molecular flexibility index (Phi) is 5.84. The van der Waals surface area contributed by atoms with Gasteiger partial charge < -0.3 is 9.64 Å². The number of nitriles is 1. The molecule has 0 spiro atoms. The van der Waals surface area contributed by atoms with Crippen molar-refractivity contribution >= 4 is 21.8 Å². The summed E-state index contributed by atoms with van der Waals surface area (Å²) in [6.07, 6.45) is 0.320. The first kappa shape index (κ1) is 15.5. The van der Waals surface area contributed by atoms with E-state index >= 15 is 0 Å². The minimum Gasteiger partial charge on any atom is -0.496 e. The first-order chi connectivity index (χ1) is 9.01. The van der Waals surface area contributed by atoms with E-state index in [9.17, 15) is 4.79 Å². The average molecular weight is 325 g/mol. The zero-order valence-corrected chi connectivity index (χ0v) is 12.9. The van der Waals surface area contributed by atoms with Crippen molar-refractivity contribution in [3.8, 4) is 11.8 Å². The summed E-state index contributed by atoms with van der Waals surface area (Å²) in [6, 6.07) is 7.41. The second-order valence-corrected chi connectivity index (χ2v) is 5.26. The third-order valence-electron chi connectivity index (χ3n) is 2.74. The Hall–Kier alpha value is -1.54. The number of nitrogens with zero attached hydrogens (tertiary/aromatic N) is 2. The molecule has 0 aliphatic carbocycles. The van der Waals surface area contributed by atoms with Gasteiger partial charge in [-0.25, -0.2) is 0 Å². The predicted molar refractivity (Wildman–Crippen MR) is 77.1 cm³/mol. The molecule has 0 N–H and O–H groups in total. The van der Waals surface area contributed by atoms with Gasteiger partial charge in [-0.2, -0.15) is 5.26 Å². The van der Waals surface area contributed by atoms with Crippen LogP contribution in [0.5, 0.6) is 5.75 Å². The number of rotatable bonds is 5. The topological polar surface area (TPSA) is 53.3 Å². The van der Waals surface area contributed by atoms with E-state index in [1.165, 1.54) is 7.11 Å². The summed E-state index contributed by atoms with van der Waals surface area (Å²) < 4.78 is 6.04. The normalized spacial score (nSPS) is 10.1. The third-order valence-corrected chi connectivity index (χ3v) is 3.23. The van der Waals surface area contributed by atoms with Crippen LogP contribution in [0.4, 0.5) is 0 Å². The lowest BCUT2D eigenvalue weighted by Crippen LogP contribution is -2.37. The molecule has 102 valence electrons. The number of halogens is 1. The highest BCUT2D eigenvalue weighted by molar-refractivity contribution is 9.10. The number of amides is 1. The van der Waals surface area contributed by atoms with Gasteiger partial charge in [0.2, 0.25) is 0 Å². The second kappa shape index (κ2) is 7.15. The lowest BCUT2D eigenvalue weighted by atomic mass is 10.1. The molecule has 0 fully saturated rings. The number of hydrogen-bond donors (Lipinski definition) is 0. The molecule has 4 nitrogen and oxygen atoms in total. The van der Waals surface area contributed by atoms with Crippen LogP contribution in [-0.2, 0) is 0 Å². The summed E-state index contributed by atoms with van der Waals surface area (Å²) in [6.45, 7) is 4.28. The summed E-state index contributed by atoms with van der Waals surface area (Å²) in [5.41, 5.74) is 0.503. The first-order valence-electron chi connectivity index (χ1n) is 6.02. The lowest BCUT2D eigenvalue weighted by Gasteiger charge is -2.26. The summed E-state index contributed by atoms with van der Waals surface area (Å²) in [5.74, 6) is 0.416. The number of carbonyl (C=O) groups excluding carboxylic acids is 1. The fourth-order valence-corrected chi connectivity index (χ4v) is 2.13. The molecule has 0 saturated carbocycles. The monoisotopic (exact) mass is 324 g/mol. The van der Waals surface area contributed by atoms with Crippen LogP contribution >= 0.6 is 15.9 Å². The van der Waals surface area contributed by atoms with Crippen LogP contribution in [0.1, 0.15) is 30.6 Å². The molecule has 1 aromatic rings. The van der Waals surface area contributed by atoms with Crippen molar-refractivity contribution in [2.45, 2.75) is 26.3 Å². The summed E-state index contributed by atoms with van der Waals surface area (Å²) in [5, 5.41) is 8.67. The van der Waals surface area contributed by atoms with Crippen molar-refractivity contribution < 1.29 is 9.53 Å². The van der Waals surface area contributed by atoms with E-state index in [2.05, 4.69) is 22.0 Å². The lowest BCUT2D eigenvalue weighted by molar-refractivity contribution is 0.0707. The van der Waals surface area contributed by atoms with Crippen molar-refractivity contribution in [1.29, 1.82) is 5.26 Å². The molecule has 1 rings (SSSR count). The maximum atomic E-state index is 12.5. The Labute approximate surface area is 122 Å². The number of carbonyl (C=O) groups is 1. The molecule has 19 heavy (non-hydrogen) atoms. The highest BCUT2D eigenvalue weighted by Crippen LogP contribution is 2.25. The molecular formula is C14H17BrN2O2. The van der Waals surface area contributed by atoms with Crippen LogP contribution in [0.25, 0.3) is 0 Å². The van der Waals surface area contributed by atoms with Crippen LogP contribution in [0.3, 0.4) is 0 Å². The van der Waals surface area contributed by atoms with Gasteiger partial charge in [0, 0.05) is 17.1 Å². The van der Waals surface area contributed by atoms with Crippen LogP contribution < -0.4 is 4.74 Å². The van der Waals surface area contributed by atoms with Gasteiger partial charge in [0.25, 0.3) is 5.91 Å². The molecule has 1 aromatic carbocycles. The number of benzene rings is 1. The molecule has 5 heteroatoms. The average Bonchev–Trinajstić information content (AvgIpc) is 2.38. The molecule has 0 heterocycles. The molecule has 0 aliphatic rings. The molecule has 0 bridgehead atoms.